The van der Waals surface area contributed by atoms with E-state index in [0.717, 1.165) is 36.0 Å². The topological polar surface area (TPSA) is 51.1 Å². The van der Waals surface area contributed by atoms with E-state index in [1.807, 2.05) is 18.3 Å². The minimum absolute atomic E-state index is 0.116. The molecule has 0 unspecified atom stereocenters. The molecule has 0 spiro atoms. The number of carbonyl (C=O) groups excluding carboxylic acids is 1. The molecule has 2 aromatic carbocycles. The Morgan fingerprint density at radius 3 is 2.27 bits per heavy atom. The van der Waals surface area contributed by atoms with Gasteiger partial charge in [-0.1, -0.05) is 56.7 Å². The monoisotopic (exact) mass is 406 g/mol. The normalized spacial score (nSPS) is 10.8. The zero-order valence-corrected chi connectivity index (χ0v) is 17.5. The summed E-state index contributed by atoms with van der Waals surface area (Å²) in [7, 11) is 0. The summed E-state index contributed by atoms with van der Waals surface area (Å²) < 4.78 is 14.7. The maximum atomic E-state index is 13.1. The lowest BCUT2D eigenvalue weighted by atomic mass is 10.0. The van der Waals surface area contributed by atoms with Gasteiger partial charge in [-0.3, -0.25) is 9.59 Å². The lowest BCUT2D eigenvalue weighted by Crippen LogP contribution is -2.33. The first-order valence-electron chi connectivity index (χ1n) is 10.4. The summed E-state index contributed by atoms with van der Waals surface area (Å²) in [5.41, 5.74) is 3.61. The zero-order valence-electron chi connectivity index (χ0n) is 17.5. The quantitative estimate of drug-likeness (QED) is 0.576. The van der Waals surface area contributed by atoms with E-state index < -0.39 is 5.91 Å². The lowest BCUT2D eigenvalue weighted by Gasteiger charge is -2.13. The second-order valence-corrected chi connectivity index (χ2v) is 7.35. The van der Waals surface area contributed by atoms with Crippen molar-refractivity contribution in [1.82, 2.24) is 9.88 Å². The molecule has 4 nitrogen and oxygen atoms in total. The molecule has 0 radical (unpaired) electrons. The van der Waals surface area contributed by atoms with E-state index >= 15 is 0 Å². The molecule has 0 bridgehead atoms. The number of rotatable bonds is 8. The van der Waals surface area contributed by atoms with Gasteiger partial charge in [-0.2, -0.15) is 0 Å². The van der Waals surface area contributed by atoms with E-state index in [0.29, 0.717) is 6.54 Å². The molecule has 0 aliphatic heterocycles. The van der Waals surface area contributed by atoms with Crippen molar-refractivity contribution in [3.05, 3.63) is 93.7 Å². The van der Waals surface area contributed by atoms with E-state index in [2.05, 4.69) is 31.3 Å². The average molecular weight is 407 g/mol. The van der Waals surface area contributed by atoms with Gasteiger partial charge in [0.2, 0.25) is 0 Å². The van der Waals surface area contributed by atoms with E-state index in [9.17, 15) is 14.0 Å². The number of nitrogens with zero attached hydrogens (tertiary/aromatic N) is 1. The summed E-state index contributed by atoms with van der Waals surface area (Å²) in [6.45, 7) is 4.95. The van der Waals surface area contributed by atoms with Crippen molar-refractivity contribution in [2.75, 3.05) is 0 Å². The lowest BCUT2D eigenvalue weighted by molar-refractivity contribution is 0.0949. The van der Waals surface area contributed by atoms with Gasteiger partial charge in [0, 0.05) is 19.3 Å². The van der Waals surface area contributed by atoms with Gasteiger partial charge in [0.05, 0.1) is 0 Å². The van der Waals surface area contributed by atoms with Gasteiger partial charge in [0.15, 0.2) is 0 Å². The van der Waals surface area contributed by atoms with Crippen molar-refractivity contribution in [2.24, 2.45) is 0 Å². The Bertz CT molecular complexity index is 1050. The minimum atomic E-state index is -0.429. The fourth-order valence-corrected chi connectivity index (χ4v) is 3.26. The van der Waals surface area contributed by atoms with Crippen molar-refractivity contribution < 1.29 is 9.18 Å². The number of nitrogens with one attached hydrogen (secondary N) is 1. The second kappa shape index (κ2) is 10.0. The third-order valence-corrected chi connectivity index (χ3v) is 5.15. The number of aryl methyl sites for hydroxylation is 2. The minimum Gasteiger partial charge on any atom is -0.348 e. The van der Waals surface area contributed by atoms with Crippen LogP contribution in [-0.4, -0.2) is 10.5 Å². The molecule has 1 N–H and O–H groups in total. The second-order valence-electron chi connectivity index (χ2n) is 7.35. The van der Waals surface area contributed by atoms with Gasteiger partial charge < -0.3 is 9.88 Å². The van der Waals surface area contributed by atoms with Crippen molar-refractivity contribution >= 4 is 5.91 Å². The standard InChI is InChI=1S/C25H27FN2O2/c1-3-5-14-28-17-21(20-10-6-18(4-2)7-11-20)15-23(25(28)30)24(29)27-16-19-8-12-22(26)13-9-19/h6-13,15,17H,3-5,14,16H2,1-2H3,(H,27,29). The Morgan fingerprint density at radius 1 is 0.967 bits per heavy atom. The molecule has 0 saturated heterocycles. The molecule has 0 atom stereocenters. The van der Waals surface area contributed by atoms with Crippen molar-refractivity contribution in [2.45, 2.75) is 46.2 Å². The molecule has 5 heteroatoms. The van der Waals surface area contributed by atoms with E-state index in [1.165, 1.54) is 17.7 Å². The van der Waals surface area contributed by atoms with Crippen LogP contribution in [-0.2, 0) is 19.5 Å². The number of pyridine rings is 1. The van der Waals surface area contributed by atoms with Gasteiger partial charge in [-0.05, 0) is 53.3 Å². The number of halogens is 1. The number of unbranched alkanes of at least 4 members (excludes halogenated alkanes) is 1. The Balaban J connectivity index is 1.91. The van der Waals surface area contributed by atoms with Gasteiger partial charge in [0.25, 0.3) is 11.5 Å². The Hall–Kier alpha value is -3.21. The number of aromatic nitrogens is 1. The van der Waals surface area contributed by atoms with Gasteiger partial charge >= 0.3 is 0 Å². The average Bonchev–Trinajstić information content (AvgIpc) is 2.78. The number of benzene rings is 2. The SMILES string of the molecule is CCCCn1cc(-c2ccc(CC)cc2)cc(C(=O)NCc2ccc(F)cc2)c1=O. The Kier molecular flexibility index (Phi) is 7.17. The number of carbonyl (C=O) groups is 1. The summed E-state index contributed by atoms with van der Waals surface area (Å²) in [6.07, 6.45) is 4.59. The maximum Gasteiger partial charge on any atom is 0.263 e. The number of hydrogen-bond donors (Lipinski definition) is 1. The first-order chi connectivity index (χ1) is 14.5. The molecular weight excluding hydrogens is 379 g/mol. The van der Waals surface area contributed by atoms with Crippen LogP contribution in [0, 0.1) is 5.82 Å². The molecule has 0 aliphatic rings. The molecule has 1 heterocycles. The summed E-state index contributed by atoms with van der Waals surface area (Å²) in [6, 6.07) is 15.7. The highest BCUT2D eigenvalue weighted by molar-refractivity contribution is 5.95. The third-order valence-electron chi connectivity index (χ3n) is 5.15. The Morgan fingerprint density at radius 2 is 1.63 bits per heavy atom. The van der Waals surface area contributed by atoms with Crippen LogP contribution in [0.5, 0.6) is 0 Å². The molecule has 0 saturated carbocycles. The molecule has 30 heavy (non-hydrogen) atoms. The van der Waals surface area contributed by atoms with Crippen LogP contribution < -0.4 is 10.9 Å². The highest BCUT2D eigenvalue weighted by atomic mass is 19.1. The predicted molar refractivity (Wildman–Crippen MR) is 118 cm³/mol. The summed E-state index contributed by atoms with van der Waals surface area (Å²) in [5.74, 6) is -0.757. The van der Waals surface area contributed by atoms with Crippen LogP contribution in [0.1, 0.15) is 48.2 Å². The fraction of sp³-hybridized carbons (Fsp3) is 0.280. The van der Waals surface area contributed by atoms with E-state index in [-0.39, 0.29) is 23.5 Å². The maximum absolute atomic E-state index is 13.1. The fourth-order valence-electron chi connectivity index (χ4n) is 3.26. The van der Waals surface area contributed by atoms with Crippen LogP contribution in [0.15, 0.2) is 65.6 Å². The van der Waals surface area contributed by atoms with Crippen molar-refractivity contribution in [1.29, 1.82) is 0 Å². The molecule has 156 valence electrons. The highest BCUT2D eigenvalue weighted by Crippen LogP contribution is 2.20. The molecule has 1 aromatic heterocycles. The first kappa shape index (κ1) is 21.5. The predicted octanol–water partition coefficient (Wildman–Crippen LogP) is 4.95. The van der Waals surface area contributed by atoms with Gasteiger partial charge in [-0.15, -0.1) is 0 Å². The molecular formula is C25H27FN2O2. The van der Waals surface area contributed by atoms with Gasteiger partial charge in [-0.25, -0.2) is 4.39 Å². The van der Waals surface area contributed by atoms with Crippen LogP contribution >= 0.6 is 0 Å². The van der Waals surface area contributed by atoms with Crippen LogP contribution in [0.4, 0.5) is 4.39 Å². The van der Waals surface area contributed by atoms with E-state index in [1.54, 1.807) is 22.8 Å². The molecule has 1 amide bonds. The zero-order chi connectivity index (χ0) is 21.5. The van der Waals surface area contributed by atoms with Crippen LogP contribution in [0.2, 0.25) is 0 Å². The summed E-state index contributed by atoms with van der Waals surface area (Å²) >= 11 is 0. The summed E-state index contributed by atoms with van der Waals surface area (Å²) in [4.78, 5) is 25.7. The van der Waals surface area contributed by atoms with Crippen molar-refractivity contribution in [3.8, 4) is 11.1 Å². The van der Waals surface area contributed by atoms with Gasteiger partial charge in [0.1, 0.15) is 11.4 Å². The molecule has 3 rings (SSSR count). The molecule has 0 fully saturated rings. The molecule has 0 aliphatic carbocycles. The Labute approximate surface area is 176 Å². The third kappa shape index (κ3) is 5.23. The van der Waals surface area contributed by atoms with Crippen molar-refractivity contribution in [3.63, 3.8) is 0 Å². The number of amides is 1. The largest absolute Gasteiger partial charge is 0.348 e. The summed E-state index contributed by atoms with van der Waals surface area (Å²) in [5, 5.41) is 2.78. The highest BCUT2D eigenvalue weighted by Gasteiger charge is 2.15. The number of hydrogen-bond acceptors (Lipinski definition) is 2. The van der Waals surface area contributed by atoms with E-state index in [4.69, 9.17) is 0 Å². The first-order valence-corrected chi connectivity index (χ1v) is 10.4. The smallest absolute Gasteiger partial charge is 0.263 e. The molecule has 3 aromatic rings. The van der Waals surface area contributed by atoms with Crippen LogP contribution in [0.25, 0.3) is 11.1 Å². The van der Waals surface area contributed by atoms with Crippen LogP contribution in [0.3, 0.4) is 0 Å².